The lowest BCUT2D eigenvalue weighted by molar-refractivity contribution is 0.0649. The maximum atomic E-state index is 13.5. The standard InChI is InChI=1S/C18H16ClFN4O/c1-2-16-14-4-3-13(20)7-11(14)5-6-23(16)18(25)15-8-17-21-9-12(19)10-24(17)22-15/h3-4,7-10,16H,2,5-6H2,1H3. The Morgan fingerprint density at radius 1 is 1.40 bits per heavy atom. The third kappa shape index (κ3) is 2.76. The van der Waals surface area contributed by atoms with Crippen LogP contribution in [0.4, 0.5) is 4.39 Å². The Morgan fingerprint density at radius 3 is 3.04 bits per heavy atom. The van der Waals surface area contributed by atoms with Gasteiger partial charge in [0.05, 0.1) is 17.3 Å². The molecular weight excluding hydrogens is 343 g/mol. The molecule has 3 heterocycles. The van der Waals surface area contributed by atoms with Gasteiger partial charge in [0.2, 0.25) is 0 Å². The molecule has 2 aromatic heterocycles. The van der Waals surface area contributed by atoms with Crippen LogP contribution in [0, 0.1) is 5.82 Å². The number of carbonyl (C=O) groups is 1. The van der Waals surface area contributed by atoms with E-state index in [1.54, 1.807) is 24.4 Å². The zero-order chi connectivity index (χ0) is 17.6. The molecule has 0 bridgehead atoms. The van der Waals surface area contributed by atoms with Gasteiger partial charge in [0.15, 0.2) is 11.3 Å². The molecule has 1 aliphatic rings. The van der Waals surface area contributed by atoms with Crippen molar-refractivity contribution in [2.75, 3.05) is 6.54 Å². The Bertz CT molecular complexity index is 971. The van der Waals surface area contributed by atoms with E-state index >= 15 is 0 Å². The summed E-state index contributed by atoms with van der Waals surface area (Å²) in [6, 6.07) is 6.37. The molecule has 1 atom stereocenters. The van der Waals surface area contributed by atoms with Crippen molar-refractivity contribution >= 4 is 23.2 Å². The summed E-state index contributed by atoms with van der Waals surface area (Å²) >= 11 is 5.92. The molecule has 1 aromatic carbocycles. The van der Waals surface area contributed by atoms with Gasteiger partial charge in [-0.15, -0.1) is 0 Å². The molecule has 25 heavy (non-hydrogen) atoms. The van der Waals surface area contributed by atoms with E-state index in [1.807, 2.05) is 11.8 Å². The fourth-order valence-electron chi connectivity index (χ4n) is 3.47. The Balaban J connectivity index is 1.70. The summed E-state index contributed by atoms with van der Waals surface area (Å²) in [5, 5.41) is 4.76. The molecule has 5 nitrogen and oxygen atoms in total. The number of rotatable bonds is 2. The highest BCUT2D eigenvalue weighted by Gasteiger charge is 2.31. The van der Waals surface area contributed by atoms with Crippen LogP contribution in [-0.2, 0) is 6.42 Å². The van der Waals surface area contributed by atoms with Crippen LogP contribution in [0.2, 0.25) is 5.02 Å². The van der Waals surface area contributed by atoms with Crippen LogP contribution in [0.1, 0.15) is 41.0 Å². The van der Waals surface area contributed by atoms with E-state index in [0.717, 1.165) is 17.5 Å². The minimum Gasteiger partial charge on any atom is -0.330 e. The lowest BCUT2D eigenvalue weighted by Crippen LogP contribution is -2.40. The maximum Gasteiger partial charge on any atom is 0.274 e. The van der Waals surface area contributed by atoms with Crippen molar-refractivity contribution in [1.29, 1.82) is 0 Å². The van der Waals surface area contributed by atoms with E-state index < -0.39 is 0 Å². The molecule has 7 heteroatoms. The topological polar surface area (TPSA) is 50.5 Å². The van der Waals surface area contributed by atoms with E-state index in [9.17, 15) is 9.18 Å². The van der Waals surface area contributed by atoms with Crippen LogP contribution in [-0.4, -0.2) is 31.9 Å². The molecule has 0 N–H and O–H groups in total. The van der Waals surface area contributed by atoms with E-state index in [0.29, 0.717) is 29.3 Å². The molecule has 0 saturated carbocycles. The Hall–Kier alpha value is -2.47. The third-order valence-electron chi connectivity index (χ3n) is 4.61. The first-order chi connectivity index (χ1) is 12.1. The van der Waals surface area contributed by atoms with Crippen LogP contribution in [0.15, 0.2) is 36.7 Å². The van der Waals surface area contributed by atoms with Gasteiger partial charge in [-0.2, -0.15) is 5.10 Å². The number of hydrogen-bond donors (Lipinski definition) is 0. The number of carbonyl (C=O) groups excluding carboxylic acids is 1. The van der Waals surface area contributed by atoms with Gasteiger partial charge in [0.1, 0.15) is 5.82 Å². The highest BCUT2D eigenvalue weighted by atomic mass is 35.5. The second-order valence-electron chi connectivity index (χ2n) is 6.12. The second-order valence-corrected chi connectivity index (χ2v) is 6.56. The number of nitrogens with zero attached hydrogens (tertiary/aromatic N) is 4. The average Bonchev–Trinajstić information content (AvgIpc) is 3.03. The van der Waals surface area contributed by atoms with E-state index in [1.165, 1.54) is 16.8 Å². The Kier molecular flexibility index (Phi) is 3.92. The van der Waals surface area contributed by atoms with Gasteiger partial charge in [-0.1, -0.05) is 24.6 Å². The molecule has 0 saturated heterocycles. The molecule has 0 radical (unpaired) electrons. The monoisotopic (exact) mass is 358 g/mol. The van der Waals surface area contributed by atoms with E-state index in [-0.39, 0.29) is 17.8 Å². The minimum absolute atomic E-state index is 0.0850. The molecule has 0 fully saturated rings. The summed E-state index contributed by atoms with van der Waals surface area (Å²) in [6.07, 6.45) is 4.52. The van der Waals surface area contributed by atoms with Crippen LogP contribution >= 0.6 is 11.6 Å². The predicted octanol–water partition coefficient (Wildman–Crippen LogP) is 3.67. The van der Waals surface area contributed by atoms with Crippen molar-refractivity contribution in [3.05, 3.63) is 64.3 Å². The summed E-state index contributed by atoms with van der Waals surface area (Å²) in [5.41, 5.74) is 2.88. The molecule has 1 unspecified atom stereocenters. The number of hydrogen-bond acceptors (Lipinski definition) is 3. The largest absolute Gasteiger partial charge is 0.330 e. The molecule has 0 spiro atoms. The Labute approximate surface area is 149 Å². The molecule has 128 valence electrons. The van der Waals surface area contributed by atoms with Crippen LogP contribution < -0.4 is 0 Å². The molecule has 3 aromatic rings. The number of halogens is 2. The van der Waals surface area contributed by atoms with Crippen molar-refractivity contribution in [2.24, 2.45) is 0 Å². The van der Waals surface area contributed by atoms with Gasteiger partial charge in [-0.25, -0.2) is 13.9 Å². The lowest BCUT2D eigenvalue weighted by atomic mass is 9.90. The van der Waals surface area contributed by atoms with Gasteiger partial charge in [-0.3, -0.25) is 4.79 Å². The lowest BCUT2D eigenvalue weighted by Gasteiger charge is -2.36. The quantitative estimate of drug-likeness (QED) is 0.702. The van der Waals surface area contributed by atoms with Crippen molar-refractivity contribution in [1.82, 2.24) is 19.5 Å². The molecule has 1 amide bonds. The van der Waals surface area contributed by atoms with Crippen LogP contribution in [0.25, 0.3) is 5.65 Å². The van der Waals surface area contributed by atoms with Crippen molar-refractivity contribution in [3.8, 4) is 0 Å². The molecule has 0 aliphatic carbocycles. The number of amides is 1. The maximum absolute atomic E-state index is 13.5. The highest BCUT2D eigenvalue weighted by Crippen LogP contribution is 2.33. The zero-order valence-corrected chi connectivity index (χ0v) is 14.4. The first-order valence-electron chi connectivity index (χ1n) is 8.17. The van der Waals surface area contributed by atoms with Crippen molar-refractivity contribution < 1.29 is 9.18 Å². The number of aromatic nitrogens is 3. The summed E-state index contributed by atoms with van der Waals surface area (Å²) < 4.78 is 15.0. The van der Waals surface area contributed by atoms with Gasteiger partial charge in [0, 0.05) is 18.8 Å². The molecular formula is C18H16ClFN4O. The van der Waals surface area contributed by atoms with Gasteiger partial charge in [-0.05, 0) is 36.1 Å². The number of fused-ring (bicyclic) bond motifs is 2. The van der Waals surface area contributed by atoms with Crippen molar-refractivity contribution in [2.45, 2.75) is 25.8 Å². The van der Waals surface area contributed by atoms with E-state index in [4.69, 9.17) is 11.6 Å². The van der Waals surface area contributed by atoms with Gasteiger partial charge in [0.25, 0.3) is 5.91 Å². The molecule has 1 aliphatic heterocycles. The summed E-state index contributed by atoms with van der Waals surface area (Å²) in [4.78, 5) is 19.0. The van der Waals surface area contributed by atoms with Crippen molar-refractivity contribution in [3.63, 3.8) is 0 Å². The van der Waals surface area contributed by atoms with E-state index in [2.05, 4.69) is 10.1 Å². The summed E-state index contributed by atoms with van der Waals surface area (Å²) in [6.45, 7) is 2.56. The summed E-state index contributed by atoms with van der Waals surface area (Å²) in [7, 11) is 0. The third-order valence-corrected chi connectivity index (χ3v) is 4.81. The van der Waals surface area contributed by atoms with Gasteiger partial charge < -0.3 is 4.90 Å². The smallest absolute Gasteiger partial charge is 0.274 e. The van der Waals surface area contributed by atoms with Crippen LogP contribution in [0.5, 0.6) is 0 Å². The normalized spacial score (nSPS) is 16.9. The number of benzene rings is 1. The summed E-state index contributed by atoms with van der Waals surface area (Å²) in [5.74, 6) is -0.389. The van der Waals surface area contributed by atoms with Crippen LogP contribution in [0.3, 0.4) is 0 Å². The Morgan fingerprint density at radius 2 is 2.24 bits per heavy atom. The first kappa shape index (κ1) is 16.0. The fraction of sp³-hybridized carbons (Fsp3) is 0.278. The zero-order valence-electron chi connectivity index (χ0n) is 13.6. The predicted molar refractivity (Wildman–Crippen MR) is 92.2 cm³/mol. The molecule has 4 rings (SSSR count). The average molecular weight is 359 g/mol. The highest BCUT2D eigenvalue weighted by molar-refractivity contribution is 6.30. The first-order valence-corrected chi connectivity index (χ1v) is 8.55. The fourth-order valence-corrected chi connectivity index (χ4v) is 3.61. The SMILES string of the molecule is CCC1c2ccc(F)cc2CCN1C(=O)c1cc2ncc(Cl)cn2n1. The second kappa shape index (κ2) is 6.11. The minimum atomic E-state index is -0.239. The van der Waals surface area contributed by atoms with Gasteiger partial charge >= 0.3 is 0 Å².